The Kier molecular flexibility index (Phi) is 5.85. The van der Waals surface area contributed by atoms with Gasteiger partial charge in [-0.25, -0.2) is 9.78 Å². The summed E-state index contributed by atoms with van der Waals surface area (Å²) in [6.45, 7) is 12.0. The van der Waals surface area contributed by atoms with Crippen LogP contribution in [0.2, 0.25) is 0 Å². The van der Waals surface area contributed by atoms with E-state index >= 15 is 0 Å². The van der Waals surface area contributed by atoms with Crippen molar-refractivity contribution in [3.63, 3.8) is 0 Å². The molecule has 24 heavy (non-hydrogen) atoms. The van der Waals surface area contributed by atoms with E-state index in [1.165, 1.54) is 11.3 Å². The van der Waals surface area contributed by atoms with Crippen LogP contribution in [0.25, 0.3) is 6.08 Å². The third kappa shape index (κ3) is 3.87. The average molecular weight is 369 g/mol. The third-order valence-corrected chi connectivity index (χ3v) is 5.77. The van der Waals surface area contributed by atoms with Gasteiger partial charge < -0.3 is 14.0 Å². The molecule has 0 saturated carbocycles. The Morgan fingerprint density at radius 3 is 2.42 bits per heavy atom. The highest BCUT2D eigenvalue weighted by molar-refractivity contribution is 7.80. The van der Waals surface area contributed by atoms with Crippen molar-refractivity contribution < 1.29 is 18.8 Å². The van der Waals surface area contributed by atoms with Crippen molar-refractivity contribution in [2.24, 2.45) is 0 Å². The summed E-state index contributed by atoms with van der Waals surface area (Å²) in [5.74, 6) is 0.139. The van der Waals surface area contributed by atoms with Crippen LogP contribution < -0.4 is 0 Å². The number of esters is 1. The Morgan fingerprint density at radius 2 is 1.92 bits per heavy atom. The number of aromatic nitrogens is 1. The summed E-state index contributed by atoms with van der Waals surface area (Å²) in [6, 6.07) is 0. The van der Waals surface area contributed by atoms with Gasteiger partial charge in [0.2, 0.25) is 0 Å². The zero-order chi connectivity index (χ0) is 18.1. The molecule has 0 aliphatic carbocycles. The first-order valence-corrected chi connectivity index (χ1v) is 9.37. The van der Waals surface area contributed by atoms with Crippen molar-refractivity contribution in [2.75, 3.05) is 12.4 Å². The molecule has 0 unspecified atom stereocenters. The van der Waals surface area contributed by atoms with E-state index in [4.69, 9.17) is 14.0 Å². The van der Waals surface area contributed by atoms with Gasteiger partial charge in [-0.15, -0.1) is 11.3 Å². The van der Waals surface area contributed by atoms with Crippen molar-refractivity contribution in [1.82, 2.24) is 4.98 Å². The highest BCUT2D eigenvalue weighted by Gasteiger charge is 2.52. The average Bonchev–Trinajstić information content (AvgIpc) is 2.93. The molecule has 1 aliphatic rings. The minimum atomic E-state index is -0.470. The van der Waals surface area contributed by atoms with Gasteiger partial charge in [0.05, 0.1) is 23.5 Å². The molecule has 0 aromatic carbocycles. The molecule has 8 heteroatoms. The molecule has 5 nitrogen and oxygen atoms in total. The monoisotopic (exact) mass is 369 g/mol. The van der Waals surface area contributed by atoms with Crippen LogP contribution in [-0.2, 0) is 14.0 Å². The second-order valence-electron chi connectivity index (χ2n) is 6.65. The van der Waals surface area contributed by atoms with E-state index in [-0.39, 0.29) is 5.97 Å². The van der Waals surface area contributed by atoms with Crippen LogP contribution >= 0.6 is 24.0 Å². The number of carbonyl (C=O) groups excluding carboxylic acids is 1. The van der Waals surface area contributed by atoms with Crippen molar-refractivity contribution in [2.45, 2.75) is 52.7 Å². The molecular formula is C16H24BNO4S2. The van der Waals surface area contributed by atoms with Gasteiger partial charge in [0.1, 0.15) is 9.88 Å². The van der Waals surface area contributed by atoms with Crippen LogP contribution in [0.15, 0.2) is 5.47 Å². The molecule has 132 valence electrons. The quantitative estimate of drug-likeness (QED) is 0.489. The van der Waals surface area contributed by atoms with E-state index in [9.17, 15) is 4.79 Å². The molecule has 0 atom stereocenters. The van der Waals surface area contributed by atoms with E-state index in [0.29, 0.717) is 27.9 Å². The first-order chi connectivity index (χ1) is 11.1. The second-order valence-corrected chi connectivity index (χ2v) is 8.00. The van der Waals surface area contributed by atoms with Crippen molar-refractivity contribution in [3.8, 4) is 0 Å². The molecule has 2 rings (SSSR count). The van der Waals surface area contributed by atoms with Gasteiger partial charge in [0.15, 0.2) is 0 Å². The maximum atomic E-state index is 11.9. The first kappa shape index (κ1) is 19.5. The lowest BCUT2D eigenvalue weighted by Crippen LogP contribution is -2.41. The molecular weight excluding hydrogens is 345 g/mol. The topological polar surface area (TPSA) is 57.7 Å². The van der Waals surface area contributed by atoms with Crippen molar-refractivity contribution >= 4 is 43.1 Å². The SMILES string of the molecule is CCOC(=O)c1sc(C=C(CS)B2OC(C)(C)C(C)(C)O2)nc1C. The molecule has 1 saturated heterocycles. The lowest BCUT2D eigenvalue weighted by Gasteiger charge is -2.32. The second kappa shape index (κ2) is 7.19. The molecule has 0 bridgehead atoms. The minimum absolute atomic E-state index is 0.338. The van der Waals surface area contributed by atoms with Crippen LogP contribution in [0.5, 0.6) is 0 Å². The lowest BCUT2D eigenvalue weighted by atomic mass is 9.79. The van der Waals surface area contributed by atoms with Gasteiger partial charge >= 0.3 is 13.1 Å². The number of thiazole rings is 1. The predicted octanol–water partition coefficient (Wildman–Crippen LogP) is 3.57. The van der Waals surface area contributed by atoms with Crippen molar-refractivity contribution in [1.29, 1.82) is 0 Å². The lowest BCUT2D eigenvalue weighted by molar-refractivity contribution is 0.00578. The number of rotatable bonds is 5. The zero-order valence-electron chi connectivity index (χ0n) is 15.0. The van der Waals surface area contributed by atoms with E-state index in [0.717, 1.165) is 5.47 Å². The van der Waals surface area contributed by atoms with E-state index in [2.05, 4.69) is 17.6 Å². The molecule has 0 radical (unpaired) electrons. The smallest absolute Gasteiger partial charge is 0.462 e. The van der Waals surface area contributed by atoms with Gasteiger partial charge in [-0.2, -0.15) is 12.6 Å². The first-order valence-electron chi connectivity index (χ1n) is 7.92. The summed E-state index contributed by atoms with van der Waals surface area (Å²) in [7, 11) is -0.470. The molecule has 1 aromatic heterocycles. The Bertz CT molecular complexity index is 639. The molecule has 1 fully saturated rings. The number of thiol groups is 1. The summed E-state index contributed by atoms with van der Waals surface area (Å²) < 4.78 is 17.2. The summed E-state index contributed by atoms with van der Waals surface area (Å²) in [5, 5.41) is 0.717. The number of carbonyl (C=O) groups is 1. The number of nitrogens with zero attached hydrogens (tertiary/aromatic N) is 1. The Balaban J connectivity index is 2.26. The maximum absolute atomic E-state index is 11.9. The van der Waals surface area contributed by atoms with Gasteiger partial charge in [-0.05, 0) is 53.1 Å². The standard InChI is InChI=1S/C16H24BNO4S2/c1-7-20-14(19)13-10(2)18-12(24-13)8-11(9-23)17-21-15(3,4)16(5,6)22-17/h8,23H,7,9H2,1-6H3. The van der Waals surface area contributed by atoms with Crippen LogP contribution in [0.4, 0.5) is 0 Å². The highest BCUT2D eigenvalue weighted by Crippen LogP contribution is 2.39. The summed E-state index contributed by atoms with van der Waals surface area (Å²) in [5.41, 5.74) is 0.724. The van der Waals surface area contributed by atoms with Crippen LogP contribution in [0.1, 0.15) is 55.0 Å². The van der Waals surface area contributed by atoms with Crippen LogP contribution in [0, 0.1) is 6.92 Å². The van der Waals surface area contributed by atoms with E-state index in [1.807, 2.05) is 33.8 Å². The fourth-order valence-corrected chi connectivity index (χ4v) is 3.38. The number of aryl methyl sites for hydroxylation is 1. The van der Waals surface area contributed by atoms with Gasteiger partial charge in [-0.3, -0.25) is 0 Å². The van der Waals surface area contributed by atoms with Gasteiger partial charge in [0.25, 0.3) is 0 Å². The van der Waals surface area contributed by atoms with Gasteiger partial charge in [0, 0.05) is 5.75 Å². The van der Waals surface area contributed by atoms with Crippen LogP contribution in [0.3, 0.4) is 0 Å². The van der Waals surface area contributed by atoms with E-state index < -0.39 is 18.3 Å². The van der Waals surface area contributed by atoms with Gasteiger partial charge in [-0.1, -0.05) is 0 Å². The molecule has 0 N–H and O–H groups in total. The van der Waals surface area contributed by atoms with Crippen molar-refractivity contribution in [3.05, 3.63) is 21.1 Å². The fraction of sp³-hybridized carbons (Fsp3) is 0.625. The molecule has 0 spiro atoms. The fourth-order valence-electron chi connectivity index (χ4n) is 2.21. The number of hydrogen-bond donors (Lipinski definition) is 1. The largest absolute Gasteiger partial charge is 0.491 e. The van der Waals surface area contributed by atoms with E-state index in [1.54, 1.807) is 13.8 Å². The molecule has 1 aromatic rings. The zero-order valence-corrected chi connectivity index (χ0v) is 16.7. The summed E-state index contributed by atoms with van der Waals surface area (Å²) in [4.78, 5) is 16.9. The molecule has 0 amide bonds. The van der Waals surface area contributed by atoms with Crippen LogP contribution in [-0.4, -0.2) is 41.6 Å². The molecule has 2 heterocycles. The Morgan fingerprint density at radius 1 is 1.33 bits per heavy atom. The number of hydrogen-bond acceptors (Lipinski definition) is 7. The minimum Gasteiger partial charge on any atom is -0.462 e. The third-order valence-electron chi connectivity index (χ3n) is 4.32. The highest BCUT2D eigenvalue weighted by atomic mass is 32.1. The Hall–Kier alpha value is -0.825. The normalized spacial score (nSPS) is 19.6. The molecule has 1 aliphatic heterocycles. The predicted molar refractivity (Wildman–Crippen MR) is 101 cm³/mol. The maximum Gasteiger partial charge on any atom is 0.491 e. The summed E-state index contributed by atoms with van der Waals surface area (Å²) in [6.07, 6.45) is 1.88. The summed E-state index contributed by atoms with van der Waals surface area (Å²) >= 11 is 5.70. The number of ether oxygens (including phenoxy) is 1. The Labute approximate surface area is 153 Å².